The van der Waals surface area contributed by atoms with Crippen LogP contribution in [0.15, 0.2) is 30.3 Å². The fourth-order valence-corrected chi connectivity index (χ4v) is 5.30. The van der Waals surface area contributed by atoms with Gasteiger partial charge in [-0.05, 0) is 37.2 Å². The molecule has 0 saturated carbocycles. The summed E-state index contributed by atoms with van der Waals surface area (Å²) in [5, 5.41) is 3.01. The van der Waals surface area contributed by atoms with Crippen LogP contribution >= 0.6 is 0 Å². The summed E-state index contributed by atoms with van der Waals surface area (Å²) in [6.07, 6.45) is 2.84. The minimum atomic E-state index is -3.34. The van der Waals surface area contributed by atoms with E-state index in [4.69, 9.17) is 10.5 Å². The van der Waals surface area contributed by atoms with E-state index in [0.29, 0.717) is 39.1 Å². The molecule has 0 radical (unpaired) electrons. The molecule has 2 saturated heterocycles. The summed E-state index contributed by atoms with van der Waals surface area (Å²) in [7, 11) is -3.34. The maximum absolute atomic E-state index is 12.6. The topological polar surface area (TPSA) is 102 Å². The van der Waals surface area contributed by atoms with Gasteiger partial charge >= 0.3 is 0 Å². The first-order valence-electron chi connectivity index (χ1n) is 9.61. The molecule has 0 bridgehead atoms. The van der Waals surface area contributed by atoms with Crippen molar-refractivity contribution < 1.29 is 17.9 Å². The predicted octanol–water partition coefficient (Wildman–Crippen LogP) is 0.851. The number of carbonyl (C=O) groups excluding carboxylic acids is 1. The monoisotopic (exact) mass is 395 g/mol. The highest BCUT2D eigenvalue weighted by Crippen LogP contribution is 2.20. The van der Waals surface area contributed by atoms with Gasteiger partial charge in [0.2, 0.25) is 15.9 Å². The highest BCUT2D eigenvalue weighted by atomic mass is 32.2. The van der Waals surface area contributed by atoms with Gasteiger partial charge in [-0.3, -0.25) is 4.79 Å². The minimum Gasteiger partial charge on any atom is -0.381 e. The largest absolute Gasteiger partial charge is 0.381 e. The van der Waals surface area contributed by atoms with Crippen molar-refractivity contribution in [3.05, 3.63) is 35.9 Å². The van der Waals surface area contributed by atoms with E-state index < -0.39 is 16.1 Å². The number of rotatable bonds is 6. The van der Waals surface area contributed by atoms with E-state index in [1.54, 1.807) is 0 Å². The summed E-state index contributed by atoms with van der Waals surface area (Å²) in [5.41, 5.74) is 6.91. The number of carbonyl (C=O) groups is 1. The van der Waals surface area contributed by atoms with Crippen LogP contribution in [0.25, 0.3) is 0 Å². The quantitative estimate of drug-likeness (QED) is 0.744. The number of sulfonamides is 1. The summed E-state index contributed by atoms with van der Waals surface area (Å²) in [4.78, 5) is 12.4. The second kappa shape index (κ2) is 9.14. The Morgan fingerprint density at radius 2 is 1.78 bits per heavy atom. The van der Waals surface area contributed by atoms with Crippen molar-refractivity contribution in [1.82, 2.24) is 9.62 Å². The Balaban J connectivity index is 1.47. The Hall–Kier alpha value is -1.48. The molecule has 1 amide bonds. The van der Waals surface area contributed by atoms with Crippen molar-refractivity contribution in [1.29, 1.82) is 0 Å². The van der Waals surface area contributed by atoms with E-state index >= 15 is 0 Å². The fraction of sp³-hybridized carbons (Fsp3) is 0.632. The molecule has 0 spiro atoms. The molecule has 27 heavy (non-hydrogen) atoms. The van der Waals surface area contributed by atoms with E-state index in [9.17, 15) is 13.2 Å². The van der Waals surface area contributed by atoms with Crippen molar-refractivity contribution in [3.8, 4) is 0 Å². The molecule has 8 heteroatoms. The average Bonchev–Trinajstić information content (AvgIpc) is 2.69. The van der Waals surface area contributed by atoms with Crippen LogP contribution in [-0.4, -0.2) is 57.0 Å². The van der Waals surface area contributed by atoms with Gasteiger partial charge in [-0.15, -0.1) is 0 Å². The zero-order valence-electron chi connectivity index (χ0n) is 15.5. The van der Waals surface area contributed by atoms with E-state index in [1.807, 2.05) is 30.3 Å². The number of amides is 1. The summed E-state index contributed by atoms with van der Waals surface area (Å²) in [5.74, 6) is 0.0389. The maximum Gasteiger partial charge on any atom is 0.237 e. The summed E-state index contributed by atoms with van der Waals surface area (Å²) >= 11 is 0. The van der Waals surface area contributed by atoms with Gasteiger partial charge in [-0.2, -0.15) is 0 Å². The predicted molar refractivity (Wildman–Crippen MR) is 103 cm³/mol. The van der Waals surface area contributed by atoms with E-state index in [0.717, 1.165) is 18.4 Å². The first-order valence-corrected chi connectivity index (χ1v) is 11.2. The number of benzene rings is 1. The standard InChI is InChI=1S/C19H29N3O4S/c20-18(16-8-12-26-13-9-16)19(23)21-17-6-10-22(11-7-17)27(24,25)14-15-4-2-1-3-5-15/h1-5,16-18H,6-14,20H2,(H,21,23). The Labute approximate surface area is 161 Å². The molecular weight excluding hydrogens is 366 g/mol. The SMILES string of the molecule is NC(C(=O)NC1CCN(S(=O)(=O)Cc2ccccc2)CC1)C1CCOCC1. The van der Waals surface area contributed by atoms with Gasteiger partial charge in [0, 0.05) is 32.3 Å². The number of nitrogens with zero attached hydrogens (tertiary/aromatic N) is 1. The Morgan fingerprint density at radius 3 is 2.41 bits per heavy atom. The van der Waals surface area contributed by atoms with Crippen LogP contribution in [0.2, 0.25) is 0 Å². The molecule has 0 aliphatic carbocycles. The molecule has 150 valence electrons. The number of hydrogen-bond donors (Lipinski definition) is 2. The Bertz CT molecular complexity index is 712. The molecule has 1 aromatic carbocycles. The van der Waals surface area contributed by atoms with E-state index in [2.05, 4.69) is 5.32 Å². The van der Waals surface area contributed by atoms with E-state index in [1.165, 1.54) is 4.31 Å². The lowest BCUT2D eigenvalue weighted by molar-refractivity contribution is -0.125. The van der Waals surface area contributed by atoms with Gasteiger partial charge in [0.05, 0.1) is 11.8 Å². The summed E-state index contributed by atoms with van der Waals surface area (Å²) in [6.45, 7) is 2.16. The van der Waals surface area contributed by atoms with Gasteiger partial charge in [0.25, 0.3) is 0 Å². The normalized spacial score (nSPS) is 21.7. The van der Waals surface area contributed by atoms with Crippen LogP contribution in [0.1, 0.15) is 31.2 Å². The fourth-order valence-electron chi connectivity index (χ4n) is 3.74. The number of nitrogens with one attached hydrogen (secondary N) is 1. The molecule has 3 rings (SSSR count). The van der Waals surface area contributed by atoms with Crippen LogP contribution in [-0.2, 0) is 25.3 Å². The summed E-state index contributed by atoms with van der Waals surface area (Å²) < 4.78 is 32.1. The third-order valence-electron chi connectivity index (χ3n) is 5.46. The van der Waals surface area contributed by atoms with Gasteiger partial charge in [-0.25, -0.2) is 12.7 Å². The molecule has 1 atom stereocenters. The average molecular weight is 396 g/mol. The van der Waals surface area contributed by atoms with Crippen molar-refractivity contribution in [2.24, 2.45) is 11.7 Å². The zero-order chi connectivity index (χ0) is 19.3. The van der Waals surface area contributed by atoms with Gasteiger partial charge in [-0.1, -0.05) is 30.3 Å². The maximum atomic E-state index is 12.6. The highest BCUT2D eigenvalue weighted by Gasteiger charge is 2.31. The van der Waals surface area contributed by atoms with Crippen molar-refractivity contribution in [3.63, 3.8) is 0 Å². The molecule has 2 aliphatic rings. The summed E-state index contributed by atoms with van der Waals surface area (Å²) in [6, 6.07) is 8.66. The number of piperidine rings is 1. The molecule has 2 aliphatic heterocycles. The van der Waals surface area contributed by atoms with Crippen molar-refractivity contribution in [2.45, 2.75) is 43.5 Å². The zero-order valence-corrected chi connectivity index (χ0v) is 16.4. The molecule has 1 aromatic rings. The second-order valence-corrected chi connectivity index (χ2v) is 9.37. The van der Waals surface area contributed by atoms with Crippen LogP contribution in [0.3, 0.4) is 0 Å². The van der Waals surface area contributed by atoms with Crippen LogP contribution in [0.4, 0.5) is 0 Å². The Kier molecular flexibility index (Phi) is 6.86. The lowest BCUT2D eigenvalue weighted by Gasteiger charge is -2.33. The molecule has 2 fully saturated rings. The van der Waals surface area contributed by atoms with Gasteiger partial charge < -0.3 is 15.8 Å². The molecular formula is C19H29N3O4S. The number of ether oxygens (including phenoxy) is 1. The molecule has 0 aromatic heterocycles. The van der Waals surface area contributed by atoms with Crippen LogP contribution in [0, 0.1) is 5.92 Å². The minimum absolute atomic E-state index is 0.0134. The first kappa shape index (κ1) is 20.3. The number of hydrogen-bond acceptors (Lipinski definition) is 5. The Morgan fingerprint density at radius 1 is 1.15 bits per heavy atom. The van der Waals surface area contributed by atoms with Crippen LogP contribution < -0.4 is 11.1 Å². The molecule has 3 N–H and O–H groups in total. The smallest absolute Gasteiger partial charge is 0.237 e. The first-order chi connectivity index (χ1) is 13.0. The lowest BCUT2D eigenvalue weighted by Crippen LogP contribution is -2.53. The van der Waals surface area contributed by atoms with Crippen molar-refractivity contribution >= 4 is 15.9 Å². The van der Waals surface area contributed by atoms with Crippen molar-refractivity contribution in [2.75, 3.05) is 26.3 Å². The molecule has 7 nitrogen and oxygen atoms in total. The highest BCUT2D eigenvalue weighted by molar-refractivity contribution is 7.88. The lowest BCUT2D eigenvalue weighted by atomic mass is 9.91. The van der Waals surface area contributed by atoms with E-state index in [-0.39, 0.29) is 23.6 Å². The molecule has 1 unspecified atom stereocenters. The third-order valence-corrected chi connectivity index (χ3v) is 7.31. The molecule has 2 heterocycles. The van der Waals surface area contributed by atoms with Gasteiger partial charge in [0.1, 0.15) is 0 Å². The third kappa shape index (κ3) is 5.51. The van der Waals surface area contributed by atoms with Gasteiger partial charge in [0.15, 0.2) is 0 Å². The second-order valence-electron chi connectivity index (χ2n) is 7.40. The number of nitrogens with two attached hydrogens (primary N) is 1. The van der Waals surface area contributed by atoms with Crippen LogP contribution in [0.5, 0.6) is 0 Å².